The summed E-state index contributed by atoms with van der Waals surface area (Å²) in [6.45, 7) is 3.87. The third kappa shape index (κ3) is 1.98. The minimum atomic E-state index is -0.503. The molecule has 0 bridgehead atoms. The number of nitrogens with zero attached hydrogens (tertiary/aromatic N) is 3. The minimum Gasteiger partial charge on any atom is -0.369 e. The Morgan fingerprint density at radius 3 is 2.69 bits per heavy atom. The molecule has 0 unspecified atom stereocenters. The molecule has 86 valence electrons. The van der Waals surface area contributed by atoms with Gasteiger partial charge in [-0.3, -0.25) is 4.79 Å². The number of primary amides is 1. The van der Waals surface area contributed by atoms with Gasteiger partial charge in [0.05, 0.1) is 11.9 Å². The number of aromatic nitrogens is 2. The Hall–Kier alpha value is -1.65. The molecule has 0 aromatic carbocycles. The van der Waals surface area contributed by atoms with Crippen LogP contribution in [0.2, 0.25) is 0 Å². The van der Waals surface area contributed by atoms with Crippen LogP contribution in [0.5, 0.6) is 0 Å². The fourth-order valence-corrected chi connectivity index (χ4v) is 2.15. The standard InChI is InChI=1S/C11H16N4O/c1-8-7-13-14-9(11(12)16)10(8)15-5-3-2-4-6-15/h7H,2-6H2,1H3,(H2,12,16). The first-order valence-electron chi connectivity index (χ1n) is 5.57. The van der Waals surface area contributed by atoms with E-state index < -0.39 is 5.91 Å². The lowest BCUT2D eigenvalue weighted by Crippen LogP contribution is -2.33. The van der Waals surface area contributed by atoms with E-state index in [1.807, 2.05) is 6.92 Å². The van der Waals surface area contributed by atoms with Gasteiger partial charge in [-0.25, -0.2) is 0 Å². The van der Waals surface area contributed by atoms with Crippen molar-refractivity contribution in [3.05, 3.63) is 17.5 Å². The van der Waals surface area contributed by atoms with Crippen LogP contribution >= 0.6 is 0 Å². The van der Waals surface area contributed by atoms with Crippen LogP contribution in [0.1, 0.15) is 35.3 Å². The third-order valence-electron chi connectivity index (χ3n) is 2.91. The number of anilines is 1. The summed E-state index contributed by atoms with van der Waals surface area (Å²) in [7, 11) is 0. The first kappa shape index (κ1) is 10.9. The Balaban J connectivity index is 2.40. The average Bonchev–Trinajstić information content (AvgIpc) is 2.29. The zero-order valence-corrected chi connectivity index (χ0v) is 9.44. The van der Waals surface area contributed by atoms with Crippen LogP contribution in [0, 0.1) is 6.92 Å². The highest BCUT2D eigenvalue weighted by atomic mass is 16.1. The molecule has 2 N–H and O–H groups in total. The first-order valence-corrected chi connectivity index (χ1v) is 5.57. The summed E-state index contributed by atoms with van der Waals surface area (Å²) >= 11 is 0. The van der Waals surface area contributed by atoms with Gasteiger partial charge in [-0.15, -0.1) is 5.10 Å². The van der Waals surface area contributed by atoms with Crippen molar-refractivity contribution in [2.45, 2.75) is 26.2 Å². The number of piperidine rings is 1. The van der Waals surface area contributed by atoms with Gasteiger partial charge in [-0.1, -0.05) is 0 Å². The summed E-state index contributed by atoms with van der Waals surface area (Å²) in [5.41, 5.74) is 7.44. The van der Waals surface area contributed by atoms with E-state index in [1.165, 1.54) is 6.42 Å². The maximum atomic E-state index is 11.3. The fourth-order valence-electron chi connectivity index (χ4n) is 2.15. The summed E-state index contributed by atoms with van der Waals surface area (Å²) in [6, 6.07) is 0. The topological polar surface area (TPSA) is 72.1 Å². The highest BCUT2D eigenvalue weighted by Gasteiger charge is 2.20. The maximum Gasteiger partial charge on any atom is 0.271 e. The Morgan fingerprint density at radius 1 is 1.38 bits per heavy atom. The van der Waals surface area contributed by atoms with Gasteiger partial charge in [0.15, 0.2) is 5.69 Å². The number of hydrogen-bond acceptors (Lipinski definition) is 4. The number of rotatable bonds is 2. The van der Waals surface area contributed by atoms with Gasteiger partial charge in [0, 0.05) is 13.1 Å². The maximum absolute atomic E-state index is 11.3. The third-order valence-corrected chi connectivity index (χ3v) is 2.91. The quantitative estimate of drug-likeness (QED) is 0.802. The Kier molecular flexibility index (Phi) is 3.03. The van der Waals surface area contributed by atoms with Crippen molar-refractivity contribution in [2.24, 2.45) is 5.73 Å². The molecule has 1 aliphatic rings. The van der Waals surface area contributed by atoms with Gasteiger partial charge in [0.25, 0.3) is 5.91 Å². The van der Waals surface area contributed by atoms with Crippen molar-refractivity contribution in [2.75, 3.05) is 18.0 Å². The van der Waals surface area contributed by atoms with E-state index >= 15 is 0 Å². The fraction of sp³-hybridized carbons (Fsp3) is 0.545. The summed E-state index contributed by atoms with van der Waals surface area (Å²) < 4.78 is 0. The second kappa shape index (κ2) is 4.47. The van der Waals surface area contributed by atoms with Gasteiger partial charge in [0.1, 0.15) is 0 Å². The molecular weight excluding hydrogens is 204 g/mol. The van der Waals surface area contributed by atoms with E-state index in [4.69, 9.17) is 5.73 Å². The number of carbonyl (C=O) groups excluding carboxylic acids is 1. The van der Waals surface area contributed by atoms with E-state index in [0.717, 1.165) is 37.2 Å². The number of nitrogens with two attached hydrogens (primary N) is 1. The molecule has 0 atom stereocenters. The number of hydrogen-bond donors (Lipinski definition) is 1. The molecule has 0 aliphatic carbocycles. The molecule has 1 aromatic heterocycles. The Morgan fingerprint density at radius 2 is 2.06 bits per heavy atom. The summed E-state index contributed by atoms with van der Waals surface area (Å²) in [6.07, 6.45) is 5.23. The first-order chi connectivity index (χ1) is 7.70. The molecule has 1 amide bonds. The second-order valence-electron chi connectivity index (χ2n) is 4.14. The SMILES string of the molecule is Cc1cnnc(C(N)=O)c1N1CCCCC1. The summed E-state index contributed by atoms with van der Waals surface area (Å²) in [5, 5.41) is 7.63. The zero-order chi connectivity index (χ0) is 11.5. The lowest BCUT2D eigenvalue weighted by molar-refractivity contribution is 0.0995. The molecule has 1 aromatic rings. The lowest BCUT2D eigenvalue weighted by atomic mass is 10.1. The number of amides is 1. The molecule has 0 radical (unpaired) electrons. The predicted octanol–water partition coefficient (Wildman–Crippen LogP) is 0.874. The molecule has 0 saturated carbocycles. The van der Waals surface area contributed by atoms with Crippen molar-refractivity contribution < 1.29 is 4.79 Å². The van der Waals surface area contributed by atoms with Crippen molar-refractivity contribution in [1.29, 1.82) is 0 Å². The monoisotopic (exact) mass is 220 g/mol. The molecular formula is C11H16N4O. The molecule has 5 nitrogen and oxygen atoms in total. The van der Waals surface area contributed by atoms with Gasteiger partial charge in [-0.2, -0.15) is 5.10 Å². The molecule has 2 heterocycles. The molecule has 2 rings (SSSR count). The highest BCUT2D eigenvalue weighted by Crippen LogP contribution is 2.25. The molecule has 16 heavy (non-hydrogen) atoms. The molecule has 1 aliphatic heterocycles. The van der Waals surface area contributed by atoms with Crippen LogP contribution in [-0.4, -0.2) is 29.2 Å². The number of aryl methyl sites for hydroxylation is 1. The highest BCUT2D eigenvalue weighted by molar-refractivity contribution is 5.97. The van der Waals surface area contributed by atoms with Crippen LogP contribution < -0.4 is 10.6 Å². The average molecular weight is 220 g/mol. The van der Waals surface area contributed by atoms with Crippen molar-refractivity contribution in [3.8, 4) is 0 Å². The van der Waals surface area contributed by atoms with E-state index in [1.54, 1.807) is 6.20 Å². The number of carbonyl (C=O) groups is 1. The predicted molar refractivity (Wildman–Crippen MR) is 61.4 cm³/mol. The van der Waals surface area contributed by atoms with Crippen molar-refractivity contribution in [1.82, 2.24) is 10.2 Å². The van der Waals surface area contributed by atoms with Crippen molar-refractivity contribution >= 4 is 11.6 Å². The second-order valence-corrected chi connectivity index (χ2v) is 4.14. The molecule has 1 fully saturated rings. The molecule has 0 spiro atoms. The summed E-state index contributed by atoms with van der Waals surface area (Å²) in [5.74, 6) is -0.503. The zero-order valence-electron chi connectivity index (χ0n) is 9.44. The molecule has 5 heteroatoms. The van der Waals surface area contributed by atoms with Gasteiger partial charge in [-0.05, 0) is 31.7 Å². The smallest absolute Gasteiger partial charge is 0.271 e. The Bertz CT molecular complexity index is 399. The van der Waals surface area contributed by atoms with Crippen molar-refractivity contribution in [3.63, 3.8) is 0 Å². The minimum absolute atomic E-state index is 0.293. The van der Waals surface area contributed by atoms with Gasteiger partial charge < -0.3 is 10.6 Å². The van der Waals surface area contributed by atoms with Crippen LogP contribution in [0.25, 0.3) is 0 Å². The van der Waals surface area contributed by atoms with E-state index in [9.17, 15) is 4.79 Å². The van der Waals surface area contributed by atoms with E-state index in [-0.39, 0.29) is 0 Å². The van der Waals surface area contributed by atoms with Gasteiger partial charge in [0.2, 0.25) is 0 Å². The normalized spacial score (nSPS) is 16.2. The van der Waals surface area contributed by atoms with Crippen LogP contribution in [0.3, 0.4) is 0 Å². The lowest BCUT2D eigenvalue weighted by Gasteiger charge is -2.30. The summed E-state index contributed by atoms with van der Waals surface area (Å²) in [4.78, 5) is 13.5. The largest absolute Gasteiger partial charge is 0.369 e. The Labute approximate surface area is 94.6 Å². The van der Waals surface area contributed by atoms with Crippen LogP contribution in [0.15, 0.2) is 6.20 Å². The van der Waals surface area contributed by atoms with E-state index in [2.05, 4.69) is 15.1 Å². The van der Waals surface area contributed by atoms with Crippen LogP contribution in [-0.2, 0) is 0 Å². The van der Waals surface area contributed by atoms with Crippen LogP contribution in [0.4, 0.5) is 5.69 Å². The van der Waals surface area contributed by atoms with Gasteiger partial charge >= 0.3 is 0 Å². The molecule has 1 saturated heterocycles. The van der Waals surface area contributed by atoms with E-state index in [0.29, 0.717) is 5.69 Å².